The number of anilines is 3. The van der Waals surface area contributed by atoms with Crippen molar-refractivity contribution in [1.82, 2.24) is 4.57 Å². The molecule has 0 fully saturated rings. The Balaban J connectivity index is 1.20. The van der Waals surface area contributed by atoms with E-state index in [9.17, 15) is 0 Å². The van der Waals surface area contributed by atoms with E-state index >= 15 is 0 Å². The Bertz CT molecular complexity index is 3220. The van der Waals surface area contributed by atoms with Crippen molar-refractivity contribution < 1.29 is 4.42 Å². The van der Waals surface area contributed by atoms with Crippen molar-refractivity contribution >= 4 is 60.8 Å². The summed E-state index contributed by atoms with van der Waals surface area (Å²) in [5.41, 5.74) is 15.2. The van der Waals surface area contributed by atoms with Crippen LogP contribution in [0.4, 0.5) is 17.1 Å². The highest BCUT2D eigenvalue weighted by atomic mass is 16.3. The molecule has 0 aliphatic heterocycles. The van der Waals surface area contributed by atoms with Crippen LogP contribution in [0.25, 0.3) is 82.8 Å². The van der Waals surface area contributed by atoms with E-state index in [-0.39, 0.29) is 0 Å². The third kappa shape index (κ3) is 5.51. The maximum absolute atomic E-state index is 6.82. The van der Waals surface area contributed by atoms with Gasteiger partial charge in [0.25, 0.3) is 0 Å². The number of hydrogen-bond donors (Lipinski definition) is 0. The van der Waals surface area contributed by atoms with E-state index in [1.54, 1.807) is 0 Å². The summed E-state index contributed by atoms with van der Waals surface area (Å²) < 4.78 is 9.20. The fraction of sp³-hybridized carbons (Fsp3) is 0. The highest BCUT2D eigenvalue weighted by molar-refractivity contribution is 6.19. The van der Waals surface area contributed by atoms with Gasteiger partial charge in [-0.05, 0) is 82.4 Å². The third-order valence-corrected chi connectivity index (χ3v) is 11.2. The van der Waals surface area contributed by atoms with E-state index in [4.69, 9.17) is 4.42 Å². The predicted molar refractivity (Wildman–Crippen MR) is 239 cm³/mol. The van der Waals surface area contributed by atoms with Crippen molar-refractivity contribution in [2.75, 3.05) is 4.90 Å². The first kappa shape index (κ1) is 32.8. The van der Waals surface area contributed by atoms with Crippen molar-refractivity contribution in [3.63, 3.8) is 0 Å². The molecule has 0 spiro atoms. The van der Waals surface area contributed by atoms with Gasteiger partial charge >= 0.3 is 0 Å². The van der Waals surface area contributed by atoms with E-state index < -0.39 is 0 Å². The van der Waals surface area contributed by atoms with Gasteiger partial charge in [0, 0.05) is 32.8 Å². The number of para-hydroxylation sites is 4. The Hall–Kier alpha value is -7.62. The number of hydrogen-bond acceptors (Lipinski definition) is 2. The second kappa shape index (κ2) is 13.6. The summed E-state index contributed by atoms with van der Waals surface area (Å²) in [6, 6.07) is 78.1. The molecule has 2 aromatic heterocycles. The van der Waals surface area contributed by atoms with Crippen LogP contribution < -0.4 is 4.90 Å². The quantitative estimate of drug-likeness (QED) is 0.163. The largest absolute Gasteiger partial charge is 0.454 e. The van der Waals surface area contributed by atoms with Crippen LogP contribution in [-0.4, -0.2) is 4.57 Å². The summed E-state index contributed by atoms with van der Waals surface area (Å²) in [7, 11) is 0. The molecule has 0 saturated heterocycles. The summed E-state index contributed by atoms with van der Waals surface area (Å²) in [4.78, 5) is 2.43. The summed E-state index contributed by atoms with van der Waals surface area (Å²) in [5, 5.41) is 4.55. The minimum Gasteiger partial charge on any atom is -0.454 e. The van der Waals surface area contributed by atoms with Gasteiger partial charge in [-0.3, -0.25) is 0 Å². The van der Waals surface area contributed by atoms with Crippen molar-refractivity contribution in [3.05, 3.63) is 218 Å². The standard InChI is InChI=1S/C54H36N2O/c1-4-16-37(17-5-1)38-30-32-39(33-31-38)41-34-35-48(46(36-41)40-18-6-2-7-19-40)56(51-28-14-24-44-43-22-11-13-29-52(43)57-54(44)51)50-27-15-26-49-53(50)45-23-10-12-25-47(45)55(49)42-20-8-3-9-21-42/h1-36H. The summed E-state index contributed by atoms with van der Waals surface area (Å²) in [6.07, 6.45) is 0. The molecule has 0 radical (unpaired) electrons. The van der Waals surface area contributed by atoms with Crippen LogP contribution >= 0.6 is 0 Å². The Morgan fingerprint density at radius 3 is 1.67 bits per heavy atom. The average molecular weight is 729 g/mol. The third-order valence-electron chi connectivity index (χ3n) is 11.2. The molecule has 268 valence electrons. The molecule has 0 atom stereocenters. The molecule has 57 heavy (non-hydrogen) atoms. The summed E-state index contributed by atoms with van der Waals surface area (Å²) in [5.74, 6) is 0. The van der Waals surface area contributed by atoms with Gasteiger partial charge in [-0.25, -0.2) is 0 Å². The summed E-state index contributed by atoms with van der Waals surface area (Å²) >= 11 is 0. The number of benzene rings is 9. The molecule has 0 saturated carbocycles. The molecule has 0 N–H and O–H groups in total. The van der Waals surface area contributed by atoms with E-state index in [1.807, 2.05) is 6.07 Å². The number of nitrogens with zero attached hydrogens (tertiary/aromatic N) is 2. The number of aromatic nitrogens is 1. The van der Waals surface area contributed by atoms with Crippen molar-refractivity contribution in [3.8, 4) is 39.1 Å². The van der Waals surface area contributed by atoms with E-state index in [2.05, 4.69) is 222 Å². The molecule has 0 aliphatic carbocycles. The number of rotatable bonds is 7. The first-order chi connectivity index (χ1) is 28.3. The van der Waals surface area contributed by atoms with Crippen LogP contribution in [0.1, 0.15) is 0 Å². The Kier molecular flexibility index (Phi) is 7.82. The van der Waals surface area contributed by atoms with Gasteiger partial charge in [0.15, 0.2) is 5.58 Å². The van der Waals surface area contributed by atoms with Crippen LogP contribution in [0.15, 0.2) is 223 Å². The molecular formula is C54H36N2O. The van der Waals surface area contributed by atoms with E-state index in [0.717, 1.165) is 78.0 Å². The van der Waals surface area contributed by atoms with E-state index in [0.29, 0.717) is 0 Å². The zero-order chi connectivity index (χ0) is 37.7. The molecule has 0 aliphatic rings. The second-order valence-electron chi connectivity index (χ2n) is 14.5. The Labute approximate surface area is 330 Å². The van der Waals surface area contributed by atoms with Crippen LogP contribution in [0.3, 0.4) is 0 Å². The van der Waals surface area contributed by atoms with Crippen molar-refractivity contribution in [1.29, 1.82) is 0 Å². The molecule has 0 unspecified atom stereocenters. The number of fused-ring (bicyclic) bond motifs is 6. The molecule has 3 nitrogen and oxygen atoms in total. The first-order valence-corrected chi connectivity index (χ1v) is 19.4. The fourth-order valence-electron chi connectivity index (χ4n) is 8.58. The smallest absolute Gasteiger partial charge is 0.159 e. The molecule has 11 aromatic rings. The number of furan rings is 1. The maximum Gasteiger partial charge on any atom is 0.159 e. The molecule has 2 heterocycles. The zero-order valence-corrected chi connectivity index (χ0v) is 31.1. The molecule has 11 rings (SSSR count). The SMILES string of the molecule is c1ccc(-c2ccc(-c3ccc(N(c4cccc5c4oc4ccccc45)c4cccc5c4c4ccccc4n5-c4ccccc4)c(-c4ccccc4)c3)cc2)cc1. The van der Waals surface area contributed by atoms with E-state index in [1.165, 1.54) is 21.9 Å². The minimum atomic E-state index is 0.849. The van der Waals surface area contributed by atoms with Crippen LogP contribution in [0.5, 0.6) is 0 Å². The Morgan fingerprint density at radius 1 is 0.351 bits per heavy atom. The van der Waals surface area contributed by atoms with Gasteiger partial charge in [0.2, 0.25) is 0 Å². The fourth-order valence-corrected chi connectivity index (χ4v) is 8.58. The lowest BCUT2D eigenvalue weighted by Gasteiger charge is -2.29. The van der Waals surface area contributed by atoms with Gasteiger partial charge in [0.1, 0.15) is 5.58 Å². The zero-order valence-electron chi connectivity index (χ0n) is 31.1. The Morgan fingerprint density at radius 2 is 0.895 bits per heavy atom. The highest BCUT2D eigenvalue weighted by Gasteiger charge is 2.26. The van der Waals surface area contributed by atoms with Gasteiger partial charge in [-0.1, -0.05) is 164 Å². The van der Waals surface area contributed by atoms with Gasteiger partial charge in [-0.15, -0.1) is 0 Å². The average Bonchev–Trinajstić information content (AvgIpc) is 3.84. The highest BCUT2D eigenvalue weighted by Crippen LogP contribution is 2.49. The monoisotopic (exact) mass is 728 g/mol. The van der Waals surface area contributed by atoms with Crippen LogP contribution in [0.2, 0.25) is 0 Å². The van der Waals surface area contributed by atoms with Crippen molar-refractivity contribution in [2.24, 2.45) is 0 Å². The molecule has 9 aromatic carbocycles. The molecule has 0 amide bonds. The maximum atomic E-state index is 6.82. The van der Waals surface area contributed by atoms with Crippen LogP contribution in [-0.2, 0) is 0 Å². The lowest BCUT2D eigenvalue weighted by Crippen LogP contribution is -2.12. The predicted octanol–water partition coefficient (Wildman–Crippen LogP) is 15.2. The topological polar surface area (TPSA) is 21.3 Å². The van der Waals surface area contributed by atoms with Crippen molar-refractivity contribution in [2.45, 2.75) is 0 Å². The first-order valence-electron chi connectivity index (χ1n) is 19.4. The molecule has 3 heteroatoms. The van der Waals surface area contributed by atoms with Gasteiger partial charge in [0.05, 0.1) is 28.1 Å². The minimum absolute atomic E-state index is 0.849. The van der Waals surface area contributed by atoms with Crippen LogP contribution in [0, 0.1) is 0 Å². The normalized spacial score (nSPS) is 11.5. The van der Waals surface area contributed by atoms with Gasteiger partial charge < -0.3 is 13.9 Å². The summed E-state index contributed by atoms with van der Waals surface area (Å²) in [6.45, 7) is 0. The lowest BCUT2D eigenvalue weighted by molar-refractivity contribution is 0.669. The molecule has 0 bridgehead atoms. The lowest BCUT2D eigenvalue weighted by atomic mass is 9.94. The van der Waals surface area contributed by atoms with Gasteiger partial charge in [-0.2, -0.15) is 0 Å². The molecular weight excluding hydrogens is 693 g/mol. The second-order valence-corrected chi connectivity index (χ2v) is 14.5.